The van der Waals surface area contributed by atoms with E-state index in [-0.39, 0.29) is 11.0 Å². The lowest BCUT2D eigenvalue weighted by Crippen LogP contribution is -2.50. The van der Waals surface area contributed by atoms with Gasteiger partial charge in [-0.05, 0) is 18.9 Å². The van der Waals surface area contributed by atoms with E-state index in [1.807, 2.05) is 0 Å². The fourth-order valence-corrected chi connectivity index (χ4v) is 3.25. The maximum atomic E-state index is 11.5. The van der Waals surface area contributed by atoms with Gasteiger partial charge in [-0.1, -0.05) is 20.3 Å². The van der Waals surface area contributed by atoms with Gasteiger partial charge in [-0.25, -0.2) is 9.78 Å². The van der Waals surface area contributed by atoms with E-state index >= 15 is 0 Å². The van der Waals surface area contributed by atoms with Gasteiger partial charge >= 0.3 is 5.97 Å². The highest BCUT2D eigenvalue weighted by molar-refractivity contribution is 5.90. The van der Waals surface area contributed by atoms with E-state index < -0.39 is 5.97 Å². The molecule has 1 aromatic rings. The van der Waals surface area contributed by atoms with Crippen molar-refractivity contribution >= 4 is 17.5 Å². The van der Waals surface area contributed by atoms with E-state index in [4.69, 9.17) is 10.5 Å². The van der Waals surface area contributed by atoms with E-state index in [2.05, 4.69) is 28.6 Å². The molecule has 6 N–H and O–H groups in total. The number of pyridine rings is 1. The van der Waals surface area contributed by atoms with Gasteiger partial charge in [-0.2, -0.15) is 0 Å². The van der Waals surface area contributed by atoms with Crippen LogP contribution in [0.25, 0.3) is 0 Å². The van der Waals surface area contributed by atoms with E-state index in [9.17, 15) is 4.79 Å². The molecule has 2 rings (SSSR count). The summed E-state index contributed by atoms with van der Waals surface area (Å²) in [6.45, 7) is 8.38. The predicted molar refractivity (Wildman–Crippen MR) is 100.0 cm³/mol. The molecule has 8 heteroatoms. The minimum absolute atomic E-state index is 0. The second kappa shape index (κ2) is 10.9. The molecule has 2 heterocycles. The Balaban J connectivity index is 0.00000288. The Hall–Kier alpha value is -1.90. The second-order valence-corrected chi connectivity index (χ2v) is 6.00. The topological polar surface area (TPSA) is 135 Å². The molecule has 8 nitrogen and oxygen atoms in total. The lowest BCUT2D eigenvalue weighted by molar-refractivity contribution is 0.0600. The Labute approximate surface area is 149 Å². The number of anilines is 2. The van der Waals surface area contributed by atoms with Crippen LogP contribution in [0.5, 0.6) is 0 Å². The van der Waals surface area contributed by atoms with Crippen LogP contribution in [0.1, 0.15) is 43.5 Å². The first kappa shape index (κ1) is 23.1. The predicted octanol–water partition coefficient (Wildman–Crippen LogP) is 0.502. The molecule has 1 aromatic heterocycles. The quantitative estimate of drug-likeness (QED) is 0.737. The molecule has 1 atom stereocenters. The van der Waals surface area contributed by atoms with Crippen molar-refractivity contribution in [2.75, 3.05) is 43.9 Å². The zero-order chi connectivity index (χ0) is 16.8. The lowest BCUT2D eigenvalue weighted by atomic mass is 10.1. The van der Waals surface area contributed by atoms with Crippen LogP contribution >= 0.6 is 0 Å². The highest BCUT2D eigenvalue weighted by atomic mass is 16.5. The number of rotatable bonds is 6. The van der Waals surface area contributed by atoms with Gasteiger partial charge in [0.2, 0.25) is 0 Å². The molecule has 0 spiro atoms. The van der Waals surface area contributed by atoms with Crippen LogP contribution in [-0.4, -0.2) is 66.1 Å². The number of esters is 1. The van der Waals surface area contributed by atoms with Gasteiger partial charge in [0.15, 0.2) is 5.82 Å². The van der Waals surface area contributed by atoms with Crippen LogP contribution in [-0.2, 0) is 4.74 Å². The van der Waals surface area contributed by atoms with E-state index in [0.717, 1.165) is 32.0 Å². The molecule has 0 bridgehead atoms. The number of ether oxygens (including phenoxy) is 1. The third-order valence-corrected chi connectivity index (χ3v) is 4.54. The van der Waals surface area contributed by atoms with Gasteiger partial charge in [-0.15, -0.1) is 0 Å². The van der Waals surface area contributed by atoms with Crippen LogP contribution in [0.3, 0.4) is 0 Å². The molecule has 1 fully saturated rings. The molecule has 1 aliphatic rings. The molecule has 1 saturated heterocycles. The molecule has 0 aliphatic carbocycles. The van der Waals surface area contributed by atoms with Gasteiger partial charge in [0, 0.05) is 38.4 Å². The van der Waals surface area contributed by atoms with Crippen LogP contribution in [0, 0.1) is 0 Å². The Kier molecular flexibility index (Phi) is 10.0. The third kappa shape index (κ3) is 5.55. The monoisotopic (exact) mass is 356 g/mol. The summed E-state index contributed by atoms with van der Waals surface area (Å²) >= 11 is 0. The van der Waals surface area contributed by atoms with Crippen molar-refractivity contribution in [3.05, 3.63) is 17.8 Å². The van der Waals surface area contributed by atoms with Crippen LogP contribution in [0.2, 0.25) is 0 Å². The molecule has 0 saturated carbocycles. The zero-order valence-electron chi connectivity index (χ0n) is 15.4. The number of methoxy groups -OCH3 is 1. The summed E-state index contributed by atoms with van der Waals surface area (Å²) in [6, 6.07) is 2.32. The summed E-state index contributed by atoms with van der Waals surface area (Å²) in [7, 11) is 1.35. The maximum Gasteiger partial charge on any atom is 0.339 e. The summed E-state index contributed by atoms with van der Waals surface area (Å²) < 4.78 is 4.70. The molecular formula is C17H32N4O4. The van der Waals surface area contributed by atoms with Gasteiger partial charge < -0.3 is 26.3 Å². The Bertz CT molecular complexity index is 533. The number of aromatic nitrogens is 1. The minimum atomic E-state index is -0.411. The Morgan fingerprint density at radius 2 is 1.92 bits per heavy atom. The first-order valence-corrected chi connectivity index (χ1v) is 8.43. The normalized spacial score (nSPS) is 15.7. The molecule has 0 radical (unpaired) electrons. The number of nitrogens with zero attached hydrogens (tertiary/aromatic N) is 3. The molecule has 144 valence electrons. The number of hydrogen-bond donors (Lipinski definition) is 1. The van der Waals surface area contributed by atoms with Crippen molar-refractivity contribution in [1.82, 2.24) is 9.88 Å². The van der Waals surface area contributed by atoms with Crippen molar-refractivity contribution < 1.29 is 20.5 Å². The number of carbonyl (C=O) groups excluding carboxylic acids is 1. The first-order valence-electron chi connectivity index (χ1n) is 8.43. The number of carbonyl (C=O) groups is 1. The standard InChI is InChI=1S/C17H28N4O2.2H2O/c1-4-6-14(5-2)20-7-9-21(10-8-20)16-15(18)11-13(12-19-16)17(22)23-3;;/h11-12,14H,4-10,18H2,1-3H3;2*1H2. The van der Waals surface area contributed by atoms with Gasteiger partial charge in [-0.3, -0.25) is 4.90 Å². The van der Waals surface area contributed by atoms with Gasteiger partial charge in [0.1, 0.15) is 0 Å². The summed E-state index contributed by atoms with van der Waals surface area (Å²) in [5.74, 6) is 0.353. The molecular weight excluding hydrogens is 324 g/mol. The average molecular weight is 356 g/mol. The van der Waals surface area contributed by atoms with E-state index in [1.165, 1.54) is 32.6 Å². The van der Waals surface area contributed by atoms with Gasteiger partial charge in [0.25, 0.3) is 0 Å². The Morgan fingerprint density at radius 3 is 2.40 bits per heavy atom. The van der Waals surface area contributed by atoms with Crippen molar-refractivity contribution in [2.24, 2.45) is 0 Å². The number of piperazine rings is 1. The second-order valence-electron chi connectivity index (χ2n) is 6.00. The largest absolute Gasteiger partial charge is 0.465 e. The summed E-state index contributed by atoms with van der Waals surface area (Å²) in [6.07, 6.45) is 5.21. The van der Waals surface area contributed by atoms with E-state index in [0.29, 0.717) is 17.3 Å². The number of hydrogen-bond acceptors (Lipinski definition) is 6. The fraction of sp³-hybridized carbons (Fsp3) is 0.647. The lowest BCUT2D eigenvalue weighted by Gasteiger charge is -2.39. The number of nitrogen functional groups attached to an aromatic ring is 1. The van der Waals surface area contributed by atoms with Crippen molar-refractivity contribution in [3.8, 4) is 0 Å². The SMILES string of the molecule is CCCC(CC)N1CCN(c2ncc(C(=O)OC)cc2N)CC1.O.O. The summed E-state index contributed by atoms with van der Waals surface area (Å²) in [4.78, 5) is 20.7. The minimum Gasteiger partial charge on any atom is -0.465 e. The zero-order valence-corrected chi connectivity index (χ0v) is 15.4. The van der Waals surface area contributed by atoms with E-state index in [1.54, 1.807) is 6.07 Å². The smallest absolute Gasteiger partial charge is 0.339 e. The highest BCUT2D eigenvalue weighted by Crippen LogP contribution is 2.24. The number of nitrogens with two attached hydrogens (primary N) is 1. The molecule has 1 aliphatic heterocycles. The molecule has 0 amide bonds. The average Bonchev–Trinajstić information content (AvgIpc) is 2.59. The summed E-state index contributed by atoms with van der Waals surface area (Å²) in [5, 5.41) is 0. The van der Waals surface area contributed by atoms with Crippen LogP contribution in [0.15, 0.2) is 12.3 Å². The van der Waals surface area contributed by atoms with Gasteiger partial charge in [0.05, 0.1) is 18.4 Å². The maximum absolute atomic E-state index is 11.5. The highest BCUT2D eigenvalue weighted by Gasteiger charge is 2.24. The summed E-state index contributed by atoms with van der Waals surface area (Å²) in [5.41, 5.74) is 7.01. The van der Waals surface area contributed by atoms with Crippen molar-refractivity contribution in [3.63, 3.8) is 0 Å². The Morgan fingerprint density at radius 1 is 1.28 bits per heavy atom. The fourth-order valence-electron chi connectivity index (χ4n) is 3.25. The van der Waals surface area contributed by atoms with Crippen molar-refractivity contribution in [1.29, 1.82) is 0 Å². The van der Waals surface area contributed by atoms with Crippen LogP contribution in [0.4, 0.5) is 11.5 Å². The van der Waals surface area contributed by atoms with Crippen molar-refractivity contribution in [2.45, 2.75) is 39.2 Å². The molecule has 25 heavy (non-hydrogen) atoms. The first-order chi connectivity index (χ1) is 11.1. The molecule has 1 unspecified atom stereocenters. The van der Waals surface area contributed by atoms with Crippen LogP contribution < -0.4 is 10.6 Å². The third-order valence-electron chi connectivity index (χ3n) is 4.54. The molecule has 0 aromatic carbocycles.